The van der Waals surface area contributed by atoms with E-state index in [1.165, 1.54) is 13.2 Å². The highest BCUT2D eigenvalue weighted by Gasteiger charge is 2.50. The first kappa shape index (κ1) is 28.0. The molecule has 35 heavy (non-hydrogen) atoms. The van der Waals surface area contributed by atoms with E-state index in [1.807, 2.05) is 27.7 Å². The molecule has 0 radical (unpaired) electrons. The number of nitrogens with zero attached hydrogens (tertiary/aromatic N) is 1. The molecule has 2 rings (SSSR count). The molecule has 0 spiro atoms. The number of rotatable bonds is 13. The van der Waals surface area contributed by atoms with Gasteiger partial charge in [0.1, 0.15) is 29.4 Å². The summed E-state index contributed by atoms with van der Waals surface area (Å²) in [6.45, 7) is 11.2. The second-order valence-electron chi connectivity index (χ2n) is 9.46. The Bertz CT molecular complexity index is 965. The maximum Gasteiger partial charge on any atom is 0.278 e. The largest absolute Gasteiger partial charge is 0.502 e. The molecule has 0 aromatic carbocycles. The van der Waals surface area contributed by atoms with Crippen molar-refractivity contribution in [2.75, 3.05) is 13.7 Å². The van der Waals surface area contributed by atoms with E-state index in [0.29, 0.717) is 25.2 Å². The zero-order valence-corrected chi connectivity index (χ0v) is 21.4. The van der Waals surface area contributed by atoms with Crippen LogP contribution in [0.5, 0.6) is 0 Å². The van der Waals surface area contributed by atoms with Gasteiger partial charge in [-0.3, -0.25) is 19.2 Å². The zero-order valence-electron chi connectivity index (χ0n) is 21.4. The van der Waals surface area contributed by atoms with Crippen molar-refractivity contribution < 1.29 is 33.2 Å². The highest BCUT2D eigenvalue weighted by molar-refractivity contribution is 6.03. The third kappa shape index (κ3) is 7.64. The number of Topliss-reactive ketones (excluding diaryl/α,β-unsaturated/α-hetero) is 1. The van der Waals surface area contributed by atoms with Gasteiger partial charge in [-0.15, -0.1) is 0 Å². The molecule has 1 aliphatic rings. The number of carbonyl (C=O) groups is 4. The van der Waals surface area contributed by atoms with Crippen molar-refractivity contribution in [1.29, 1.82) is 0 Å². The van der Waals surface area contributed by atoms with Crippen LogP contribution in [0.3, 0.4) is 0 Å². The molecule has 3 N–H and O–H groups in total. The van der Waals surface area contributed by atoms with Gasteiger partial charge < -0.3 is 29.9 Å². The number of amides is 3. The maximum absolute atomic E-state index is 13.3. The smallest absolute Gasteiger partial charge is 0.278 e. The summed E-state index contributed by atoms with van der Waals surface area (Å²) in [5.74, 6) is -1.78. The Morgan fingerprint density at radius 2 is 1.89 bits per heavy atom. The molecule has 1 aromatic rings. The molecule has 0 saturated carbocycles. The number of ketones is 1. The van der Waals surface area contributed by atoms with Gasteiger partial charge in [-0.25, -0.2) is 0 Å². The van der Waals surface area contributed by atoms with Crippen LogP contribution in [0, 0.1) is 18.8 Å². The van der Waals surface area contributed by atoms with Crippen molar-refractivity contribution in [2.24, 2.45) is 11.8 Å². The minimum Gasteiger partial charge on any atom is -0.502 e. The summed E-state index contributed by atoms with van der Waals surface area (Å²) in [5, 5.41) is 11.5. The number of carbonyl (C=O) groups excluding carboxylic acids is 4. The standard InChI is InChI=1S/C24H36N4O7/c1-8-14(4)19(23(32)25-16(9-13(2)3)20(29)24(6)12-34-24)27-22(31)18(11-33-7)26-21(30)17-10-15(5)35-28-17/h10-11,13-14,16,19H,8-9,12H2,1-7H3,(H,25,32)(H,26,30)(H,27,31)/b18-11+/t14-,16?,19-,24+/m0/s1. The first-order valence-electron chi connectivity index (χ1n) is 11.7. The molecule has 194 valence electrons. The minimum absolute atomic E-state index is 0.0145. The van der Waals surface area contributed by atoms with Crippen molar-refractivity contribution >= 4 is 23.5 Å². The summed E-state index contributed by atoms with van der Waals surface area (Å²) >= 11 is 0. The van der Waals surface area contributed by atoms with Crippen LogP contribution >= 0.6 is 0 Å². The van der Waals surface area contributed by atoms with Gasteiger partial charge in [0.05, 0.1) is 19.8 Å². The normalized spacial score (nSPS) is 19.9. The quantitative estimate of drug-likeness (QED) is 0.213. The Morgan fingerprint density at radius 3 is 2.37 bits per heavy atom. The van der Waals surface area contributed by atoms with E-state index >= 15 is 0 Å². The summed E-state index contributed by atoms with van der Waals surface area (Å²) in [7, 11) is 1.32. The fourth-order valence-corrected chi connectivity index (χ4v) is 3.42. The molecule has 0 aliphatic carbocycles. The van der Waals surface area contributed by atoms with Crippen molar-refractivity contribution in [3.63, 3.8) is 0 Å². The van der Waals surface area contributed by atoms with Gasteiger partial charge in [0.25, 0.3) is 11.8 Å². The number of epoxide rings is 1. The van der Waals surface area contributed by atoms with Crippen molar-refractivity contribution in [3.05, 3.63) is 29.5 Å². The van der Waals surface area contributed by atoms with E-state index < -0.39 is 35.4 Å². The van der Waals surface area contributed by atoms with Gasteiger partial charge in [-0.2, -0.15) is 0 Å². The Hall–Kier alpha value is -3.21. The predicted molar refractivity (Wildman–Crippen MR) is 126 cm³/mol. The van der Waals surface area contributed by atoms with Crippen molar-refractivity contribution in [2.45, 2.75) is 72.1 Å². The molecule has 1 saturated heterocycles. The molecule has 11 nitrogen and oxygen atoms in total. The van der Waals surface area contributed by atoms with E-state index in [9.17, 15) is 19.2 Å². The summed E-state index contributed by atoms with van der Waals surface area (Å²) in [6, 6.07) is -0.292. The third-order valence-electron chi connectivity index (χ3n) is 5.81. The highest BCUT2D eigenvalue weighted by atomic mass is 16.6. The van der Waals surface area contributed by atoms with Gasteiger partial charge in [-0.1, -0.05) is 39.3 Å². The third-order valence-corrected chi connectivity index (χ3v) is 5.81. The number of methoxy groups -OCH3 is 1. The monoisotopic (exact) mass is 492 g/mol. The molecule has 0 bridgehead atoms. The van der Waals surface area contributed by atoms with Crippen LogP contribution in [0.1, 0.15) is 63.7 Å². The first-order valence-corrected chi connectivity index (χ1v) is 11.7. The molecular formula is C24H36N4O7. The molecule has 1 fully saturated rings. The Labute approximate surface area is 205 Å². The molecule has 4 atom stereocenters. The van der Waals surface area contributed by atoms with Crippen LogP contribution in [0.2, 0.25) is 0 Å². The average Bonchev–Trinajstić information content (AvgIpc) is 3.40. The molecule has 1 aromatic heterocycles. The number of hydrogen-bond acceptors (Lipinski definition) is 8. The lowest BCUT2D eigenvalue weighted by Crippen LogP contribution is -2.56. The summed E-state index contributed by atoms with van der Waals surface area (Å²) in [4.78, 5) is 51.7. The van der Waals surface area contributed by atoms with Crippen LogP contribution in [0.25, 0.3) is 0 Å². The van der Waals surface area contributed by atoms with Gasteiger partial charge >= 0.3 is 0 Å². The molecule has 3 amide bonds. The second kappa shape index (κ2) is 12.0. The van der Waals surface area contributed by atoms with Crippen LogP contribution in [-0.2, 0) is 23.9 Å². The van der Waals surface area contributed by atoms with E-state index in [1.54, 1.807) is 13.8 Å². The Morgan fingerprint density at radius 1 is 1.23 bits per heavy atom. The topological polar surface area (TPSA) is 152 Å². The predicted octanol–water partition coefficient (Wildman–Crippen LogP) is 1.62. The fourth-order valence-electron chi connectivity index (χ4n) is 3.42. The lowest BCUT2D eigenvalue weighted by molar-refractivity contribution is -0.133. The summed E-state index contributed by atoms with van der Waals surface area (Å²) in [6.07, 6.45) is 2.07. The number of hydrogen-bond donors (Lipinski definition) is 3. The molecule has 2 heterocycles. The molecular weight excluding hydrogens is 456 g/mol. The van der Waals surface area contributed by atoms with Crippen LogP contribution in [-0.4, -0.2) is 60.1 Å². The lowest BCUT2D eigenvalue weighted by Gasteiger charge is -2.28. The van der Waals surface area contributed by atoms with E-state index in [4.69, 9.17) is 14.0 Å². The highest BCUT2D eigenvalue weighted by Crippen LogP contribution is 2.29. The van der Waals surface area contributed by atoms with Gasteiger partial charge in [-0.05, 0) is 32.1 Å². The van der Waals surface area contributed by atoms with Crippen LogP contribution in [0.15, 0.2) is 22.5 Å². The molecule has 1 unspecified atom stereocenters. The maximum atomic E-state index is 13.3. The number of ether oxygens (including phenoxy) is 2. The first-order chi connectivity index (χ1) is 16.4. The summed E-state index contributed by atoms with van der Waals surface area (Å²) < 4.78 is 15.1. The van der Waals surface area contributed by atoms with Crippen molar-refractivity contribution in [1.82, 2.24) is 21.1 Å². The Balaban J connectivity index is 2.17. The SMILES string of the molecule is CC[C@H](C)[C@H](NC(=O)/C(=C\OC)NC(=O)c1cc(C)on1)C(=O)NC(CC(C)C)C(=O)[C@@]1(C)CO1. The minimum atomic E-state index is -0.964. The van der Waals surface area contributed by atoms with Crippen molar-refractivity contribution in [3.8, 4) is 0 Å². The van der Waals surface area contributed by atoms with E-state index in [0.717, 1.165) is 6.26 Å². The van der Waals surface area contributed by atoms with Gasteiger partial charge in [0.2, 0.25) is 5.91 Å². The number of nitrogens with one attached hydrogen (secondary N) is 3. The van der Waals surface area contributed by atoms with Gasteiger partial charge in [0.15, 0.2) is 11.5 Å². The number of aromatic nitrogens is 1. The average molecular weight is 493 g/mol. The number of aryl methyl sites for hydroxylation is 1. The summed E-state index contributed by atoms with van der Waals surface area (Å²) in [5.41, 5.74) is -1.12. The van der Waals surface area contributed by atoms with Crippen LogP contribution < -0.4 is 16.0 Å². The second-order valence-corrected chi connectivity index (χ2v) is 9.46. The van der Waals surface area contributed by atoms with E-state index in [-0.39, 0.29) is 29.0 Å². The fraction of sp³-hybridized carbons (Fsp3) is 0.625. The van der Waals surface area contributed by atoms with Crippen LogP contribution in [0.4, 0.5) is 0 Å². The van der Waals surface area contributed by atoms with Gasteiger partial charge in [0, 0.05) is 6.07 Å². The Kier molecular flexibility index (Phi) is 9.58. The molecule has 1 aliphatic heterocycles. The zero-order chi connectivity index (χ0) is 26.3. The van der Waals surface area contributed by atoms with E-state index in [2.05, 4.69) is 21.1 Å². The lowest BCUT2D eigenvalue weighted by atomic mass is 9.92. The molecule has 11 heteroatoms.